The molecule has 1 amide bonds. The van der Waals surface area contributed by atoms with Crippen molar-refractivity contribution in [2.75, 3.05) is 18.9 Å². The summed E-state index contributed by atoms with van der Waals surface area (Å²) in [7, 11) is 1.81. The Labute approximate surface area is 101 Å². The number of rotatable bonds is 2. The summed E-state index contributed by atoms with van der Waals surface area (Å²) in [6.07, 6.45) is 1.61. The lowest BCUT2D eigenvalue weighted by Crippen LogP contribution is -2.41. The van der Waals surface area contributed by atoms with Gasteiger partial charge in [0.05, 0.1) is 18.7 Å². The van der Waals surface area contributed by atoms with Crippen molar-refractivity contribution in [2.45, 2.75) is 18.9 Å². The van der Waals surface area contributed by atoms with Crippen LogP contribution < -0.4 is 5.32 Å². The van der Waals surface area contributed by atoms with E-state index in [4.69, 9.17) is 5.26 Å². The predicted octanol–water partition coefficient (Wildman–Crippen LogP) is 1.40. The van der Waals surface area contributed by atoms with Crippen LogP contribution in [-0.4, -0.2) is 30.4 Å². The molecule has 1 N–H and O–H groups in total. The highest BCUT2D eigenvalue weighted by Crippen LogP contribution is 2.22. The summed E-state index contributed by atoms with van der Waals surface area (Å²) in [5.41, 5.74) is 2.05. The number of hydrogen-bond donors (Lipinski definition) is 1. The quantitative estimate of drug-likeness (QED) is 0.780. The second-order valence-electron chi connectivity index (χ2n) is 4.27. The van der Waals surface area contributed by atoms with E-state index in [0.29, 0.717) is 0 Å². The second kappa shape index (κ2) is 4.98. The number of anilines is 1. The summed E-state index contributed by atoms with van der Waals surface area (Å²) < 4.78 is 0. The van der Waals surface area contributed by atoms with Crippen molar-refractivity contribution in [2.24, 2.45) is 0 Å². The van der Waals surface area contributed by atoms with E-state index in [-0.39, 0.29) is 18.5 Å². The minimum Gasteiger partial charge on any atom is -0.324 e. The van der Waals surface area contributed by atoms with E-state index in [9.17, 15) is 4.79 Å². The Bertz CT molecular complexity index is 464. The summed E-state index contributed by atoms with van der Waals surface area (Å²) in [6, 6.07) is 9.69. The summed E-state index contributed by atoms with van der Waals surface area (Å²) in [6.45, 7) is 0.272. The van der Waals surface area contributed by atoms with Crippen molar-refractivity contribution in [1.82, 2.24) is 4.90 Å². The van der Waals surface area contributed by atoms with Crippen LogP contribution in [0.25, 0.3) is 0 Å². The number of aryl methyl sites for hydroxylation is 1. The van der Waals surface area contributed by atoms with Crippen molar-refractivity contribution in [3.63, 3.8) is 0 Å². The average molecular weight is 229 g/mol. The number of likely N-dealkylation sites (N-methyl/N-ethyl adjacent to an activating group) is 1. The standard InChI is InChI=1S/C13H15N3O/c1-16(9-8-14)12-7-6-10-4-2-3-5-11(10)15-13(12)17/h2-5,12H,6-7,9H2,1H3,(H,15,17). The Morgan fingerprint density at radius 2 is 2.29 bits per heavy atom. The van der Waals surface area contributed by atoms with Gasteiger partial charge in [0, 0.05) is 5.69 Å². The van der Waals surface area contributed by atoms with Gasteiger partial charge < -0.3 is 5.32 Å². The molecule has 1 aliphatic heterocycles. The molecule has 1 unspecified atom stereocenters. The van der Waals surface area contributed by atoms with Gasteiger partial charge in [-0.25, -0.2) is 0 Å². The SMILES string of the molecule is CN(CC#N)C1CCc2ccccc2NC1=O. The first-order valence-electron chi connectivity index (χ1n) is 5.68. The number of para-hydroxylation sites is 1. The third-order valence-corrected chi connectivity index (χ3v) is 3.12. The number of carbonyl (C=O) groups is 1. The third-order valence-electron chi connectivity index (χ3n) is 3.12. The molecular weight excluding hydrogens is 214 g/mol. The first-order valence-corrected chi connectivity index (χ1v) is 5.68. The van der Waals surface area contributed by atoms with Gasteiger partial charge in [-0.2, -0.15) is 5.26 Å². The smallest absolute Gasteiger partial charge is 0.241 e. The van der Waals surface area contributed by atoms with Crippen molar-refractivity contribution in [3.8, 4) is 6.07 Å². The van der Waals surface area contributed by atoms with Crippen LogP contribution in [0.15, 0.2) is 24.3 Å². The molecule has 1 heterocycles. The second-order valence-corrected chi connectivity index (χ2v) is 4.27. The molecule has 0 saturated heterocycles. The lowest BCUT2D eigenvalue weighted by atomic mass is 10.1. The molecule has 0 fully saturated rings. The van der Waals surface area contributed by atoms with Gasteiger partial charge in [-0.05, 0) is 31.5 Å². The number of fused-ring (bicyclic) bond motifs is 1. The fraction of sp³-hybridized carbons (Fsp3) is 0.385. The van der Waals surface area contributed by atoms with Crippen LogP contribution in [0.5, 0.6) is 0 Å². The molecule has 4 heteroatoms. The summed E-state index contributed by atoms with van der Waals surface area (Å²) in [5, 5.41) is 11.6. The van der Waals surface area contributed by atoms with Gasteiger partial charge in [0.25, 0.3) is 0 Å². The molecule has 1 aliphatic rings. The van der Waals surface area contributed by atoms with E-state index in [0.717, 1.165) is 24.1 Å². The normalized spacial score (nSPS) is 19.1. The maximum atomic E-state index is 12.0. The van der Waals surface area contributed by atoms with Crippen molar-refractivity contribution in [1.29, 1.82) is 5.26 Å². The maximum absolute atomic E-state index is 12.0. The topological polar surface area (TPSA) is 56.1 Å². The summed E-state index contributed by atoms with van der Waals surface area (Å²) in [4.78, 5) is 13.8. The molecule has 88 valence electrons. The number of nitrogens with one attached hydrogen (secondary N) is 1. The van der Waals surface area contributed by atoms with E-state index in [2.05, 4.69) is 11.4 Å². The fourth-order valence-corrected chi connectivity index (χ4v) is 2.14. The van der Waals surface area contributed by atoms with Gasteiger partial charge in [0.1, 0.15) is 0 Å². The molecule has 0 radical (unpaired) electrons. The number of nitrogens with zero attached hydrogens (tertiary/aromatic N) is 2. The predicted molar refractivity (Wildman–Crippen MR) is 65.4 cm³/mol. The molecule has 0 aromatic heterocycles. The van der Waals surface area contributed by atoms with Crippen LogP contribution >= 0.6 is 0 Å². The van der Waals surface area contributed by atoms with Gasteiger partial charge in [-0.15, -0.1) is 0 Å². The molecular formula is C13H15N3O. The van der Waals surface area contributed by atoms with Crippen LogP contribution in [0.3, 0.4) is 0 Å². The molecule has 0 spiro atoms. The zero-order valence-corrected chi connectivity index (χ0v) is 9.81. The lowest BCUT2D eigenvalue weighted by Gasteiger charge is -2.22. The van der Waals surface area contributed by atoms with Crippen LogP contribution in [0.4, 0.5) is 5.69 Å². The monoisotopic (exact) mass is 229 g/mol. The maximum Gasteiger partial charge on any atom is 0.241 e. The minimum atomic E-state index is -0.220. The fourth-order valence-electron chi connectivity index (χ4n) is 2.14. The van der Waals surface area contributed by atoms with E-state index in [1.54, 1.807) is 4.90 Å². The minimum absolute atomic E-state index is 0.0206. The number of amides is 1. The molecule has 0 aliphatic carbocycles. The Kier molecular flexibility index (Phi) is 3.40. The number of benzene rings is 1. The van der Waals surface area contributed by atoms with Crippen LogP contribution in [-0.2, 0) is 11.2 Å². The average Bonchev–Trinajstić information content (AvgIpc) is 2.47. The third kappa shape index (κ3) is 2.45. The van der Waals surface area contributed by atoms with Gasteiger partial charge in [0.15, 0.2) is 0 Å². The van der Waals surface area contributed by atoms with Crippen LogP contribution in [0.1, 0.15) is 12.0 Å². The molecule has 2 rings (SSSR count). The summed E-state index contributed by atoms with van der Waals surface area (Å²) >= 11 is 0. The van der Waals surface area contributed by atoms with E-state index in [1.165, 1.54) is 0 Å². The van der Waals surface area contributed by atoms with E-state index in [1.807, 2.05) is 31.3 Å². The molecule has 4 nitrogen and oxygen atoms in total. The molecule has 1 aromatic rings. The number of carbonyl (C=O) groups excluding carboxylic acids is 1. The zero-order chi connectivity index (χ0) is 12.3. The first-order chi connectivity index (χ1) is 8.22. The Morgan fingerprint density at radius 1 is 1.53 bits per heavy atom. The first kappa shape index (κ1) is 11.6. The zero-order valence-electron chi connectivity index (χ0n) is 9.81. The molecule has 1 atom stereocenters. The Hall–Kier alpha value is -1.86. The molecule has 0 saturated carbocycles. The van der Waals surface area contributed by atoms with Crippen molar-refractivity contribution >= 4 is 11.6 Å². The molecule has 0 bridgehead atoms. The Balaban J connectivity index is 2.18. The van der Waals surface area contributed by atoms with E-state index >= 15 is 0 Å². The largest absolute Gasteiger partial charge is 0.324 e. The molecule has 1 aromatic carbocycles. The number of hydrogen-bond acceptors (Lipinski definition) is 3. The van der Waals surface area contributed by atoms with Gasteiger partial charge in [0.2, 0.25) is 5.91 Å². The summed E-state index contributed by atoms with van der Waals surface area (Å²) in [5.74, 6) is -0.0206. The highest BCUT2D eigenvalue weighted by Gasteiger charge is 2.26. The van der Waals surface area contributed by atoms with Gasteiger partial charge in [-0.1, -0.05) is 18.2 Å². The van der Waals surface area contributed by atoms with E-state index < -0.39 is 0 Å². The highest BCUT2D eigenvalue weighted by atomic mass is 16.2. The van der Waals surface area contributed by atoms with Crippen LogP contribution in [0, 0.1) is 11.3 Å². The van der Waals surface area contributed by atoms with Gasteiger partial charge in [-0.3, -0.25) is 9.69 Å². The number of nitriles is 1. The van der Waals surface area contributed by atoms with Gasteiger partial charge >= 0.3 is 0 Å². The van der Waals surface area contributed by atoms with Crippen molar-refractivity contribution < 1.29 is 4.79 Å². The Morgan fingerprint density at radius 3 is 3.06 bits per heavy atom. The van der Waals surface area contributed by atoms with Crippen LogP contribution in [0.2, 0.25) is 0 Å². The lowest BCUT2D eigenvalue weighted by molar-refractivity contribution is -0.120. The molecule has 17 heavy (non-hydrogen) atoms. The highest BCUT2D eigenvalue weighted by molar-refractivity contribution is 5.96. The van der Waals surface area contributed by atoms with Crippen molar-refractivity contribution in [3.05, 3.63) is 29.8 Å².